The lowest BCUT2D eigenvalue weighted by Gasteiger charge is -2.09. The van der Waals surface area contributed by atoms with Crippen molar-refractivity contribution in [2.45, 2.75) is 0 Å². The normalized spacial score (nSPS) is 10.9. The van der Waals surface area contributed by atoms with E-state index in [2.05, 4.69) is 0 Å². The molecule has 6 N–H and O–H groups in total. The van der Waals surface area contributed by atoms with Gasteiger partial charge in [-0.05, 0) is 24.3 Å². The maximum absolute atomic E-state index is 11.8. The third kappa shape index (κ3) is 12.4. The van der Waals surface area contributed by atoms with E-state index in [1.165, 1.54) is 0 Å². The van der Waals surface area contributed by atoms with Crippen molar-refractivity contribution in [3.05, 3.63) is 35.4 Å². The lowest BCUT2D eigenvalue weighted by molar-refractivity contribution is -0.0180. The van der Waals surface area contributed by atoms with Gasteiger partial charge in [-0.25, -0.2) is 9.59 Å². The highest BCUT2D eigenvalue weighted by atomic mass is 16.6. The molecule has 0 amide bonds. The maximum Gasteiger partial charge on any atom is 0.338 e. The van der Waals surface area contributed by atoms with Crippen LogP contribution in [-0.4, -0.2) is 122 Å². The molecule has 0 heterocycles. The number of rotatable bonds is 20. The third-order valence-corrected chi connectivity index (χ3v) is 5.02. The molecule has 2 rings (SSSR count). The zero-order chi connectivity index (χ0) is 30.0. The van der Waals surface area contributed by atoms with E-state index in [0.29, 0.717) is 39.6 Å². The molecule has 0 bridgehead atoms. The fourth-order valence-corrected chi connectivity index (χ4v) is 2.98. The van der Waals surface area contributed by atoms with Crippen LogP contribution < -0.4 is 0 Å². The van der Waals surface area contributed by atoms with Crippen LogP contribution in [0.15, 0.2) is 24.3 Å². The molecule has 0 aromatic heterocycles. The van der Waals surface area contributed by atoms with E-state index in [4.69, 9.17) is 33.2 Å². The molecule has 0 saturated heterocycles. The Kier molecular flexibility index (Phi) is 14.9. The van der Waals surface area contributed by atoms with Gasteiger partial charge in [-0.2, -0.15) is 0 Å². The second-order valence-electron chi connectivity index (χ2n) is 8.06. The number of hydrogen-bond acceptors (Lipinski definition) is 15. The predicted octanol–water partition coefficient (Wildman–Crippen LogP) is 1.02. The van der Waals surface area contributed by atoms with Crippen LogP contribution in [0.4, 0.5) is 0 Å². The summed E-state index contributed by atoms with van der Waals surface area (Å²) < 4.78 is 36.5. The zero-order valence-corrected chi connectivity index (χ0v) is 22.2. The molecule has 2 aromatic rings. The first-order chi connectivity index (χ1) is 19.7. The van der Waals surface area contributed by atoms with Crippen molar-refractivity contribution in [1.82, 2.24) is 0 Å². The minimum absolute atomic E-state index is 0.0535. The molecule has 41 heavy (non-hydrogen) atoms. The third-order valence-electron chi connectivity index (χ3n) is 5.02. The first kappa shape index (κ1) is 33.2. The quantitative estimate of drug-likeness (QED) is 0.0724. The van der Waals surface area contributed by atoms with Crippen LogP contribution in [0.3, 0.4) is 0 Å². The summed E-state index contributed by atoms with van der Waals surface area (Å²) in [5.41, 5.74) is -0.231. The van der Waals surface area contributed by atoms with E-state index >= 15 is 0 Å². The largest absolute Gasteiger partial charge is 0.504 e. The first-order valence-electron chi connectivity index (χ1n) is 12.4. The molecule has 0 spiro atoms. The van der Waals surface area contributed by atoms with Gasteiger partial charge in [0.15, 0.2) is 34.5 Å². The standard InChI is InChI=1S/C26H34O15/c27-19-13-17(14-20(28)23(19)31)25(33)40-11-9-38-7-5-36-3-1-35-2-4-37-6-8-39-10-12-41-26(34)18-15-21(29)24(32)22(30)16-18/h13-16,27-32H,1-12H2. The monoisotopic (exact) mass is 586 g/mol. The van der Waals surface area contributed by atoms with E-state index < -0.39 is 46.4 Å². The number of hydrogen-bond donors (Lipinski definition) is 6. The smallest absolute Gasteiger partial charge is 0.338 e. The van der Waals surface area contributed by atoms with Crippen LogP contribution >= 0.6 is 0 Å². The van der Waals surface area contributed by atoms with Gasteiger partial charge in [-0.1, -0.05) is 0 Å². The molecule has 228 valence electrons. The van der Waals surface area contributed by atoms with E-state index in [-0.39, 0.29) is 50.8 Å². The van der Waals surface area contributed by atoms with Gasteiger partial charge in [0, 0.05) is 0 Å². The van der Waals surface area contributed by atoms with Crippen LogP contribution in [0.2, 0.25) is 0 Å². The Bertz CT molecular complexity index is 973. The molecule has 15 heteroatoms. The first-order valence-corrected chi connectivity index (χ1v) is 12.4. The number of benzene rings is 2. The maximum atomic E-state index is 11.8. The Morgan fingerprint density at radius 2 is 0.634 bits per heavy atom. The topological polar surface area (TPSA) is 220 Å². The molecular weight excluding hydrogens is 552 g/mol. The van der Waals surface area contributed by atoms with Gasteiger partial charge < -0.3 is 63.8 Å². The van der Waals surface area contributed by atoms with Crippen molar-refractivity contribution in [3.63, 3.8) is 0 Å². The van der Waals surface area contributed by atoms with Gasteiger partial charge in [0.05, 0.1) is 77.2 Å². The second-order valence-corrected chi connectivity index (χ2v) is 8.06. The molecule has 0 aliphatic rings. The highest BCUT2D eigenvalue weighted by Crippen LogP contribution is 2.36. The minimum Gasteiger partial charge on any atom is -0.504 e. The van der Waals surface area contributed by atoms with Gasteiger partial charge in [0.25, 0.3) is 0 Å². The van der Waals surface area contributed by atoms with Crippen LogP contribution in [0.25, 0.3) is 0 Å². The summed E-state index contributed by atoms with van der Waals surface area (Å²) in [4.78, 5) is 23.7. The zero-order valence-electron chi connectivity index (χ0n) is 22.2. The van der Waals surface area contributed by atoms with E-state index in [1.807, 2.05) is 0 Å². The number of carbonyl (C=O) groups is 2. The molecule has 0 radical (unpaired) electrons. The van der Waals surface area contributed by atoms with Crippen LogP contribution in [-0.2, 0) is 33.2 Å². The number of phenolic OH excluding ortho intramolecular Hbond substituents is 6. The van der Waals surface area contributed by atoms with E-state index in [9.17, 15) is 40.2 Å². The summed E-state index contributed by atoms with van der Waals surface area (Å²) in [5.74, 6) is -5.57. The summed E-state index contributed by atoms with van der Waals surface area (Å²) in [6, 6.07) is 3.91. The average molecular weight is 587 g/mol. The van der Waals surface area contributed by atoms with Crippen LogP contribution in [0, 0.1) is 0 Å². The summed E-state index contributed by atoms with van der Waals surface area (Å²) in [6.07, 6.45) is 0. The fourth-order valence-electron chi connectivity index (χ4n) is 2.98. The van der Waals surface area contributed by atoms with Crippen molar-refractivity contribution < 1.29 is 73.4 Å². The van der Waals surface area contributed by atoms with Crippen molar-refractivity contribution in [3.8, 4) is 34.5 Å². The average Bonchev–Trinajstić information content (AvgIpc) is 2.94. The highest BCUT2D eigenvalue weighted by molar-refractivity contribution is 5.91. The number of ether oxygens (including phenoxy) is 7. The van der Waals surface area contributed by atoms with Crippen LogP contribution in [0.5, 0.6) is 34.5 Å². The molecule has 0 saturated carbocycles. The lowest BCUT2D eigenvalue weighted by atomic mass is 10.2. The molecule has 0 fully saturated rings. The summed E-state index contributed by atoms with van der Waals surface area (Å²) in [5, 5.41) is 56.2. The molecule has 0 atom stereocenters. The number of phenols is 6. The van der Waals surface area contributed by atoms with E-state index in [1.54, 1.807) is 0 Å². The fraction of sp³-hybridized carbons (Fsp3) is 0.462. The Morgan fingerprint density at radius 1 is 0.415 bits per heavy atom. The Morgan fingerprint density at radius 3 is 0.878 bits per heavy atom. The van der Waals surface area contributed by atoms with Crippen molar-refractivity contribution >= 4 is 11.9 Å². The Hall–Kier alpha value is -4.02. The molecule has 2 aromatic carbocycles. The van der Waals surface area contributed by atoms with Crippen LogP contribution in [0.1, 0.15) is 20.7 Å². The summed E-state index contributed by atoms with van der Waals surface area (Å²) >= 11 is 0. The molecule has 15 nitrogen and oxygen atoms in total. The number of aromatic hydroxyl groups is 6. The Labute approximate surface area is 234 Å². The predicted molar refractivity (Wildman–Crippen MR) is 138 cm³/mol. The molecular formula is C26H34O15. The van der Waals surface area contributed by atoms with Gasteiger partial charge in [-0.15, -0.1) is 0 Å². The van der Waals surface area contributed by atoms with Gasteiger partial charge in [0.1, 0.15) is 13.2 Å². The second kappa shape index (κ2) is 18.4. The minimum atomic E-state index is -0.791. The molecule has 0 unspecified atom stereocenters. The molecule has 0 aliphatic heterocycles. The van der Waals surface area contributed by atoms with Crippen molar-refractivity contribution in [2.75, 3.05) is 79.3 Å². The van der Waals surface area contributed by atoms with E-state index in [0.717, 1.165) is 24.3 Å². The molecule has 0 aliphatic carbocycles. The summed E-state index contributed by atoms with van der Waals surface area (Å²) in [6.45, 7) is 2.67. The van der Waals surface area contributed by atoms with Gasteiger partial charge >= 0.3 is 11.9 Å². The number of carbonyl (C=O) groups excluding carboxylic acids is 2. The highest BCUT2D eigenvalue weighted by Gasteiger charge is 2.15. The van der Waals surface area contributed by atoms with Crippen molar-refractivity contribution in [2.24, 2.45) is 0 Å². The van der Waals surface area contributed by atoms with Gasteiger partial charge in [-0.3, -0.25) is 0 Å². The summed E-state index contributed by atoms with van der Waals surface area (Å²) in [7, 11) is 0. The number of esters is 2. The lowest BCUT2D eigenvalue weighted by Crippen LogP contribution is -2.15. The Balaban J connectivity index is 1.33. The van der Waals surface area contributed by atoms with Gasteiger partial charge in [0.2, 0.25) is 0 Å². The SMILES string of the molecule is O=C(OCCOCCOCCOCCOCCOCCOC(=O)c1cc(O)c(O)c(O)c1)c1cc(O)c(O)c(O)c1. The van der Waals surface area contributed by atoms with Crippen molar-refractivity contribution in [1.29, 1.82) is 0 Å².